The quantitative estimate of drug-likeness (QED) is 0.911. The van der Waals surface area contributed by atoms with Gasteiger partial charge in [0.1, 0.15) is 10.6 Å². The Morgan fingerprint density at radius 2 is 2.15 bits per heavy atom. The fraction of sp³-hybridized carbons (Fsp3) is 0.500. The highest BCUT2D eigenvalue weighted by atomic mass is 35.5. The maximum absolute atomic E-state index is 12.6. The fourth-order valence-electron chi connectivity index (χ4n) is 2.18. The summed E-state index contributed by atoms with van der Waals surface area (Å²) in [6.45, 7) is 0.809. The van der Waals surface area contributed by atoms with Gasteiger partial charge >= 0.3 is 0 Å². The molecule has 0 amide bonds. The van der Waals surface area contributed by atoms with Gasteiger partial charge in [-0.3, -0.25) is 0 Å². The average Bonchev–Trinajstić information content (AvgIpc) is 2.38. The Kier molecular flexibility index (Phi) is 6.09. The van der Waals surface area contributed by atoms with Crippen LogP contribution in [0.4, 0.5) is 0 Å². The summed E-state index contributed by atoms with van der Waals surface area (Å²) in [6, 6.07) is 4.45. The van der Waals surface area contributed by atoms with E-state index in [0.717, 1.165) is 12.8 Å². The molecule has 1 aliphatic rings. The van der Waals surface area contributed by atoms with Crippen molar-refractivity contribution in [3.8, 4) is 5.75 Å². The number of hydrogen-bond donors (Lipinski definition) is 1. The summed E-state index contributed by atoms with van der Waals surface area (Å²) >= 11 is 5.88. The zero-order valence-electron chi connectivity index (χ0n) is 11.1. The van der Waals surface area contributed by atoms with Gasteiger partial charge in [0, 0.05) is 24.2 Å². The summed E-state index contributed by atoms with van der Waals surface area (Å²) in [4.78, 5) is 0.0941. The van der Waals surface area contributed by atoms with Gasteiger partial charge in [0.15, 0.2) is 0 Å². The van der Waals surface area contributed by atoms with Crippen molar-refractivity contribution in [2.24, 2.45) is 5.73 Å². The molecule has 1 saturated heterocycles. The minimum atomic E-state index is -3.62. The molecular weight excluding hydrogens is 323 g/mol. The number of sulfonamides is 1. The van der Waals surface area contributed by atoms with Crippen LogP contribution >= 0.6 is 24.0 Å². The largest absolute Gasteiger partial charge is 0.495 e. The topological polar surface area (TPSA) is 72.6 Å². The zero-order valence-corrected chi connectivity index (χ0v) is 13.5. The van der Waals surface area contributed by atoms with Gasteiger partial charge in [-0.25, -0.2) is 8.42 Å². The molecular formula is C12H18Cl2N2O3S. The van der Waals surface area contributed by atoms with E-state index >= 15 is 0 Å². The minimum Gasteiger partial charge on any atom is -0.495 e. The van der Waals surface area contributed by atoms with Crippen molar-refractivity contribution >= 4 is 34.0 Å². The Balaban J connectivity index is 0.00000200. The summed E-state index contributed by atoms with van der Waals surface area (Å²) in [7, 11) is -2.18. The average molecular weight is 341 g/mol. The zero-order chi connectivity index (χ0) is 14.0. The van der Waals surface area contributed by atoms with Gasteiger partial charge in [0.2, 0.25) is 10.0 Å². The number of rotatable bonds is 3. The molecule has 0 spiro atoms. The van der Waals surface area contributed by atoms with Gasteiger partial charge in [-0.2, -0.15) is 4.31 Å². The van der Waals surface area contributed by atoms with Gasteiger partial charge in [0.25, 0.3) is 0 Å². The molecule has 114 valence electrons. The normalized spacial score (nSPS) is 20.2. The molecule has 5 nitrogen and oxygen atoms in total. The summed E-state index contributed by atoms with van der Waals surface area (Å²) in [5.41, 5.74) is 5.84. The van der Waals surface area contributed by atoms with Crippen LogP contribution < -0.4 is 10.5 Å². The number of benzene rings is 1. The molecule has 8 heteroatoms. The number of piperidine rings is 1. The first-order valence-corrected chi connectivity index (χ1v) is 7.86. The lowest BCUT2D eigenvalue weighted by molar-refractivity contribution is 0.314. The summed E-state index contributed by atoms with van der Waals surface area (Å²) in [5.74, 6) is 0.295. The lowest BCUT2D eigenvalue weighted by Gasteiger charge is -2.30. The van der Waals surface area contributed by atoms with Gasteiger partial charge in [-0.05, 0) is 31.0 Å². The molecule has 2 N–H and O–H groups in total. The predicted octanol–water partition coefficient (Wildman–Crippen LogP) is 1.88. The van der Waals surface area contributed by atoms with E-state index in [2.05, 4.69) is 0 Å². The van der Waals surface area contributed by atoms with Crippen LogP contribution in [0.5, 0.6) is 5.75 Å². The molecule has 20 heavy (non-hydrogen) atoms. The summed E-state index contributed by atoms with van der Waals surface area (Å²) < 4.78 is 31.7. The number of methoxy groups -OCH3 is 1. The SMILES string of the molecule is COc1ccc(Cl)cc1S(=O)(=O)N1CCCC(N)C1.Cl. The highest BCUT2D eigenvalue weighted by Gasteiger charge is 2.31. The van der Waals surface area contributed by atoms with Crippen LogP contribution in [-0.4, -0.2) is 39.0 Å². The van der Waals surface area contributed by atoms with E-state index in [1.165, 1.54) is 17.5 Å². The van der Waals surface area contributed by atoms with Crippen LogP contribution in [0.15, 0.2) is 23.1 Å². The third-order valence-corrected chi connectivity index (χ3v) is 5.29. The number of halogens is 2. The minimum absolute atomic E-state index is 0. The van der Waals surface area contributed by atoms with Crippen molar-refractivity contribution in [3.05, 3.63) is 23.2 Å². The van der Waals surface area contributed by atoms with Crippen molar-refractivity contribution in [1.82, 2.24) is 4.31 Å². The highest BCUT2D eigenvalue weighted by Crippen LogP contribution is 2.30. The van der Waals surface area contributed by atoms with Crippen molar-refractivity contribution in [1.29, 1.82) is 0 Å². The molecule has 1 aromatic rings. The summed E-state index contributed by atoms with van der Waals surface area (Å²) in [6.07, 6.45) is 1.61. The standard InChI is InChI=1S/C12H17ClN2O3S.ClH/c1-18-11-5-4-9(13)7-12(11)19(16,17)15-6-2-3-10(14)8-15;/h4-5,7,10H,2-3,6,8,14H2,1H3;1H. The maximum atomic E-state index is 12.6. The summed E-state index contributed by atoms with van der Waals surface area (Å²) in [5, 5.41) is 0.362. The Bertz CT molecular complexity index is 566. The predicted molar refractivity (Wildman–Crippen MR) is 81.2 cm³/mol. The van der Waals surface area contributed by atoms with Crippen LogP contribution in [0.3, 0.4) is 0 Å². The third-order valence-electron chi connectivity index (χ3n) is 3.16. The van der Waals surface area contributed by atoms with Gasteiger partial charge in [0.05, 0.1) is 7.11 Å². The first kappa shape index (κ1) is 17.5. The van der Waals surface area contributed by atoms with Crippen LogP contribution in [0.1, 0.15) is 12.8 Å². The molecule has 0 saturated carbocycles. The van der Waals surface area contributed by atoms with Crippen molar-refractivity contribution in [3.63, 3.8) is 0 Å². The molecule has 0 bridgehead atoms. The first-order valence-electron chi connectivity index (χ1n) is 6.04. The Morgan fingerprint density at radius 1 is 1.45 bits per heavy atom. The Morgan fingerprint density at radius 3 is 2.75 bits per heavy atom. The molecule has 1 aliphatic heterocycles. The van der Waals surface area contributed by atoms with E-state index in [-0.39, 0.29) is 23.3 Å². The van der Waals surface area contributed by atoms with Crippen molar-refractivity contribution < 1.29 is 13.2 Å². The van der Waals surface area contributed by atoms with Gasteiger partial charge in [-0.15, -0.1) is 12.4 Å². The van der Waals surface area contributed by atoms with Gasteiger partial charge in [-0.1, -0.05) is 11.6 Å². The van der Waals surface area contributed by atoms with Gasteiger partial charge < -0.3 is 10.5 Å². The smallest absolute Gasteiger partial charge is 0.246 e. The van der Waals surface area contributed by atoms with Crippen LogP contribution in [0.25, 0.3) is 0 Å². The third kappa shape index (κ3) is 3.56. The highest BCUT2D eigenvalue weighted by molar-refractivity contribution is 7.89. The lowest BCUT2D eigenvalue weighted by Crippen LogP contribution is -2.45. The molecule has 1 heterocycles. The molecule has 1 aromatic carbocycles. The monoisotopic (exact) mass is 340 g/mol. The van der Waals surface area contributed by atoms with Crippen LogP contribution in [-0.2, 0) is 10.0 Å². The van der Waals surface area contributed by atoms with Crippen molar-refractivity contribution in [2.45, 2.75) is 23.8 Å². The van der Waals surface area contributed by atoms with Crippen LogP contribution in [0.2, 0.25) is 5.02 Å². The molecule has 1 fully saturated rings. The lowest BCUT2D eigenvalue weighted by atomic mass is 10.1. The second-order valence-corrected chi connectivity index (χ2v) is 6.90. The Labute approximate surface area is 130 Å². The van der Waals surface area contributed by atoms with E-state index in [1.54, 1.807) is 12.1 Å². The van der Waals surface area contributed by atoms with Crippen molar-refractivity contribution in [2.75, 3.05) is 20.2 Å². The maximum Gasteiger partial charge on any atom is 0.246 e. The first-order chi connectivity index (χ1) is 8.95. The number of nitrogens with two attached hydrogens (primary N) is 1. The molecule has 1 unspecified atom stereocenters. The van der Waals surface area contributed by atoms with E-state index in [9.17, 15) is 8.42 Å². The number of hydrogen-bond acceptors (Lipinski definition) is 4. The molecule has 1 atom stereocenters. The van der Waals surface area contributed by atoms with E-state index in [1.807, 2.05) is 0 Å². The molecule has 0 aliphatic carbocycles. The van der Waals surface area contributed by atoms with E-state index < -0.39 is 10.0 Å². The molecule has 2 rings (SSSR count). The fourth-order valence-corrected chi connectivity index (χ4v) is 4.14. The van der Waals surface area contributed by atoms with E-state index in [4.69, 9.17) is 22.1 Å². The van der Waals surface area contributed by atoms with E-state index in [0.29, 0.717) is 23.9 Å². The second kappa shape index (κ2) is 6.95. The molecule has 0 aromatic heterocycles. The van der Waals surface area contributed by atoms with Crippen LogP contribution in [0, 0.1) is 0 Å². The second-order valence-electron chi connectivity index (χ2n) is 4.56. The number of nitrogens with zero attached hydrogens (tertiary/aromatic N) is 1. The molecule has 0 radical (unpaired) electrons. The number of ether oxygens (including phenoxy) is 1. The Hall–Kier alpha value is -0.530.